The molecule has 14 nitrogen and oxygen atoms in total. The van der Waals surface area contributed by atoms with Gasteiger partial charge in [0.15, 0.2) is 0 Å². The molecule has 0 bridgehead atoms. The minimum absolute atomic E-state index is 0.0598. The molecule has 0 heterocycles. The molecule has 0 aromatic rings. The lowest BCUT2D eigenvalue weighted by Gasteiger charge is -2.30. The van der Waals surface area contributed by atoms with Gasteiger partial charge < -0.3 is 39.2 Å². The fourth-order valence-corrected chi connectivity index (χ4v) is 3.80. The normalized spacial score (nSPS) is 12.1. The molecule has 0 aliphatic rings. The molecular formula is C32H60N4O10. The Kier molecular flexibility index (Phi) is 17.2. The fourth-order valence-electron chi connectivity index (χ4n) is 3.80. The van der Waals surface area contributed by atoms with Crippen molar-refractivity contribution in [2.75, 3.05) is 45.8 Å². The Labute approximate surface area is 275 Å². The monoisotopic (exact) mass is 660 g/mol. The highest BCUT2D eigenvalue weighted by Crippen LogP contribution is 2.15. The highest BCUT2D eigenvalue weighted by Gasteiger charge is 2.26. The molecule has 0 saturated heterocycles. The van der Waals surface area contributed by atoms with Gasteiger partial charge in [-0.15, -0.1) is 0 Å². The maximum atomic E-state index is 13.0. The molecule has 2 N–H and O–H groups in total. The molecule has 46 heavy (non-hydrogen) atoms. The Hall–Kier alpha value is -3.45. The number of carboxylic acid groups (broad SMARTS) is 1. The van der Waals surface area contributed by atoms with Gasteiger partial charge >= 0.3 is 30.3 Å². The standard InChI is InChI=1S/C32H60N4O10/c1-29(2,3)43-25(39)33-17-15-20-34(26(40)44-30(4,5)6)18-13-14-19-35(27(41)45-31(7,8)9)21-16-22-36(23-24(37)38)28(42)46-32(10,11)12/h13-23H2,1-12H3,(H,33,39)(H,37,38). The number of ether oxygens (including phenoxy) is 4. The molecule has 0 saturated carbocycles. The molecule has 268 valence electrons. The van der Waals surface area contributed by atoms with Gasteiger partial charge in [0, 0.05) is 39.3 Å². The van der Waals surface area contributed by atoms with E-state index in [1.165, 1.54) is 4.90 Å². The fraction of sp³-hybridized carbons (Fsp3) is 0.844. The number of carbonyl (C=O) groups excluding carboxylic acids is 4. The molecular weight excluding hydrogens is 600 g/mol. The summed E-state index contributed by atoms with van der Waals surface area (Å²) in [7, 11) is 0. The first-order chi connectivity index (χ1) is 20.8. The maximum Gasteiger partial charge on any atom is 0.410 e. The molecule has 0 atom stereocenters. The molecule has 0 aromatic carbocycles. The third-order valence-corrected chi connectivity index (χ3v) is 5.52. The lowest BCUT2D eigenvalue weighted by molar-refractivity contribution is -0.138. The second-order valence-electron chi connectivity index (χ2n) is 15.1. The second-order valence-corrected chi connectivity index (χ2v) is 15.1. The van der Waals surface area contributed by atoms with Gasteiger partial charge in [-0.3, -0.25) is 9.69 Å². The van der Waals surface area contributed by atoms with Crippen LogP contribution in [0.4, 0.5) is 19.2 Å². The predicted molar refractivity (Wildman–Crippen MR) is 174 cm³/mol. The van der Waals surface area contributed by atoms with Crippen LogP contribution in [-0.2, 0) is 23.7 Å². The summed E-state index contributed by atoms with van der Waals surface area (Å²) in [6, 6.07) is 0. The van der Waals surface area contributed by atoms with E-state index in [1.54, 1.807) is 88.0 Å². The van der Waals surface area contributed by atoms with E-state index in [2.05, 4.69) is 5.32 Å². The maximum absolute atomic E-state index is 13.0. The van der Waals surface area contributed by atoms with Gasteiger partial charge in [-0.25, -0.2) is 19.2 Å². The Morgan fingerprint density at radius 2 is 0.826 bits per heavy atom. The van der Waals surface area contributed by atoms with E-state index in [9.17, 15) is 29.1 Å². The van der Waals surface area contributed by atoms with Crippen LogP contribution < -0.4 is 5.32 Å². The molecule has 0 aliphatic heterocycles. The van der Waals surface area contributed by atoms with Gasteiger partial charge in [-0.1, -0.05) is 0 Å². The highest BCUT2D eigenvalue weighted by molar-refractivity contribution is 5.77. The van der Waals surface area contributed by atoms with Crippen LogP contribution in [-0.4, -0.2) is 118 Å². The molecule has 0 radical (unpaired) electrons. The van der Waals surface area contributed by atoms with Crippen molar-refractivity contribution in [1.29, 1.82) is 0 Å². The van der Waals surface area contributed by atoms with Crippen molar-refractivity contribution < 1.29 is 48.0 Å². The van der Waals surface area contributed by atoms with Crippen LogP contribution in [0, 0.1) is 0 Å². The molecule has 4 amide bonds. The Morgan fingerprint density at radius 1 is 0.500 bits per heavy atom. The summed E-state index contributed by atoms with van der Waals surface area (Å²) in [5.41, 5.74) is -2.83. The van der Waals surface area contributed by atoms with Crippen LogP contribution in [0.1, 0.15) is 109 Å². The smallest absolute Gasteiger partial charge is 0.410 e. The number of carbonyl (C=O) groups is 5. The number of nitrogens with zero attached hydrogens (tertiary/aromatic N) is 3. The lowest BCUT2D eigenvalue weighted by Crippen LogP contribution is -2.43. The summed E-state index contributed by atoms with van der Waals surface area (Å²) in [5.74, 6) is -1.18. The van der Waals surface area contributed by atoms with Crippen LogP contribution in [0.5, 0.6) is 0 Å². The first-order valence-corrected chi connectivity index (χ1v) is 15.9. The van der Waals surface area contributed by atoms with E-state index in [4.69, 9.17) is 18.9 Å². The average Bonchev–Trinajstić information content (AvgIpc) is 2.81. The van der Waals surface area contributed by atoms with Crippen molar-refractivity contribution in [3.8, 4) is 0 Å². The summed E-state index contributed by atoms with van der Waals surface area (Å²) in [6.45, 7) is 22.1. The third kappa shape index (κ3) is 23.0. The van der Waals surface area contributed by atoms with Crippen molar-refractivity contribution in [2.45, 2.75) is 131 Å². The average molecular weight is 661 g/mol. The summed E-state index contributed by atoms with van der Waals surface area (Å²) >= 11 is 0. The Balaban J connectivity index is 5.34. The number of aliphatic carboxylic acids is 1. The largest absolute Gasteiger partial charge is 0.480 e. The zero-order valence-electron chi connectivity index (χ0n) is 30.2. The van der Waals surface area contributed by atoms with Gasteiger partial charge in [-0.2, -0.15) is 0 Å². The van der Waals surface area contributed by atoms with Crippen molar-refractivity contribution in [2.24, 2.45) is 0 Å². The molecule has 0 unspecified atom stereocenters. The van der Waals surface area contributed by atoms with E-state index in [0.717, 1.165) is 4.90 Å². The molecule has 0 spiro atoms. The number of hydrogen-bond acceptors (Lipinski definition) is 9. The number of unbranched alkanes of at least 4 members (excludes halogenated alkanes) is 1. The minimum Gasteiger partial charge on any atom is -0.480 e. The predicted octanol–water partition coefficient (Wildman–Crippen LogP) is 5.87. The topological polar surface area (TPSA) is 164 Å². The zero-order valence-corrected chi connectivity index (χ0v) is 30.2. The van der Waals surface area contributed by atoms with E-state index < -0.39 is 59.3 Å². The summed E-state index contributed by atoms with van der Waals surface area (Å²) in [6.07, 6.45) is -0.451. The number of nitrogens with one attached hydrogen (secondary N) is 1. The van der Waals surface area contributed by atoms with Gasteiger partial charge in [0.25, 0.3) is 0 Å². The molecule has 0 rings (SSSR count). The number of hydrogen-bond donors (Lipinski definition) is 2. The van der Waals surface area contributed by atoms with Gasteiger partial charge in [0.1, 0.15) is 28.9 Å². The minimum atomic E-state index is -1.18. The van der Waals surface area contributed by atoms with Crippen molar-refractivity contribution in [3.63, 3.8) is 0 Å². The first-order valence-electron chi connectivity index (χ1n) is 15.9. The summed E-state index contributed by atoms with van der Waals surface area (Å²) < 4.78 is 21.7. The highest BCUT2D eigenvalue weighted by atomic mass is 16.6. The zero-order chi connectivity index (χ0) is 35.9. The van der Waals surface area contributed by atoms with Crippen LogP contribution in [0.3, 0.4) is 0 Å². The van der Waals surface area contributed by atoms with Crippen LogP contribution in [0.25, 0.3) is 0 Å². The summed E-state index contributed by atoms with van der Waals surface area (Å²) in [4.78, 5) is 66.0. The van der Waals surface area contributed by atoms with Crippen LogP contribution in [0.2, 0.25) is 0 Å². The van der Waals surface area contributed by atoms with Crippen molar-refractivity contribution in [3.05, 3.63) is 0 Å². The Morgan fingerprint density at radius 3 is 1.20 bits per heavy atom. The number of carboxylic acids is 1. The third-order valence-electron chi connectivity index (χ3n) is 5.52. The van der Waals surface area contributed by atoms with E-state index in [1.807, 2.05) is 0 Å². The van der Waals surface area contributed by atoms with Gasteiger partial charge in [0.05, 0.1) is 0 Å². The summed E-state index contributed by atoms with van der Waals surface area (Å²) in [5, 5.41) is 12.0. The molecule has 14 heteroatoms. The van der Waals surface area contributed by atoms with Gasteiger partial charge in [0.2, 0.25) is 0 Å². The Bertz CT molecular complexity index is 991. The number of rotatable bonds is 15. The van der Waals surface area contributed by atoms with E-state index in [-0.39, 0.29) is 13.1 Å². The van der Waals surface area contributed by atoms with Gasteiger partial charge in [-0.05, 0) is 109 Å². The molecule has 0 aromatic heterocycles. The van der Waals surface area contributed by atoms with Crippen molar-refractivity contribution >= 4 is 30.3 Å². The van der Waals surface area contributed by atoms with Crippen molar-refractivity contribution in [1.82, 2.24) is 20.0 Å². The first kappa shape index (κ1) is 42.6. The van der Waals surface area contributed by atoms with E-state index >= 15 is 0 Å². The molecule has 0 fully saturated rings. The quantitative estimate of drug-likeness (QED) is 0.160. The van der Waals surface area contributed by atoms with Crippen LogP contribution >= 0.6 is 0 Å². The number of amides is 4. The molecule has 0 aliphatic carbocycles. The number of alkyl carbamates (subject to hydrolysis) is 1. The van der Waals surface area contributed by atoms with Crippen LogP contribution in [0.15, 0.2) is 0 Å². The SMILES string of the molecule is CC(C)(C)OC(=O)NCCCN(CCCCN(CCCN(CC(=O)O)C(=O)OC(C)(C)C)C(=O)OC(C)(C)C)C(=O)OC(C)(C)C. The van der Waals surface area contributed by atoms with E-state index in [0.29, 0.717) is 51.9 Å². The second kappa shape index (κ2) is 18.6. The lowest BCUT2D eigenvalue weighted by atomic mass is 10.2.